The average Bonchev–Trinajstić information content (AvgIpc) is 3.04. The number of allylic oxidation sites excluding steroid dienone is 1. The zero-order valence-corrected chi connectivity index (χ0v) is 13.9. The van der Waals surface area contributed by atoms with Crippen molar-refractivity contribution >= 4 is 34.2 Å². The first kappa shape index (κ1) is 17.5. The molecule has 130 valence electrons. The Morgan fingerprint density at radius 1 is 1.35 bits per heavy atom. The van der Waals surface area contributed by atoms with Gasteiger partial charge in [0.25, 0.3) is 0 Å². The number of aromatic nitrogens is 2. The fraction of sp³-hybridized carbons (Fsp3) is 0.0556. The lowest BCUT2D eigenvalue weighted by molar-refractivity contribution is 0.0497. The summed E-state index contributed by atoms with van der Waals surface area (Å²) < 4.78 is 18.6. The molecule has 0 spiro atoms. The van der Waals surface area contributed by atoms with E-state index in [0.717, 1.165) is 6.07 Å². The molecule has 2 aromatic carbocycles. The second kappa shape index (κ2) is 7.25. The Labute approximate surface area is 152 Å². The van der Waals surface area contributed by atoms with Crippen molar-refractivity contribution in [1.82, 2.24) is 9.97 Å². The minimum atomic E-state index is -0.993. The predicted molar refractivity (Wildman–Crippen MR) is 92.9 cm³/mol. The van der Waals surface area contributed by atoms with Gasteiger partial charge in [-0.2, -0.15) is 5.26 Å². The van der Waals surface area contributed by atoms with Gasteiger partial charge < -0.3 is 14.8 Å². The van der Waals surface area contributed by atoms with Gasteiger partial charge in [-0.15, -0.1) is 0 Å². The molecule has 0 radical (unpaired) electrons. The Morgan fingerprint density at radius 2 is 2.12 bits per heavy atom. The monoisotopic (exact) mass is 371 g/mol. The van der Waals surface area contributed by atoms with E-state index < -0.39 is 24.2 Å². The molecule has 0 aliphatic rings. The summed E-state index contributed by atoms with van der Waals surface area (Å²) in [6.45, 7) is -0.610. The molecule has 26 heavy (non-hydrogen) atoms. The van der Waals surface area contributed by atoms with Crippen molar-refractivity contribution in [3.63, 3.8) is 0 Å². The minimum absolute atomic E-state index is 0.137. The largest absolute Gasteiger partial charge is 0.507 e. The number of hydrogen-bond acceptors (Lipinski definition) is 5. The summed E-state index contributed by atoms with van der Waals surface area (Å²) in [5.41, 5.74) is 0.793. The van der Waals surface area contributed by atoms with Crippen LogP contribution in [-0.2, 0) is 4.74 Å². The molecule has 0 aliphatic heterocycles. The topological polar surface area (TPSA) is 99.0 Å². The highest BCUT2D eigenvalue weighted by Crippen LogP contribution is 2.20. The molecule has 3 aromatic rings. The minimum Gasteiger partial charge on any atom is -0.507 e. The Bertz CT molecular complexity index is 1040. The fourth-order valence-corrected chi connectivity index (χ4v) is 2.42. The Morgan fingerprint density at radius 3 is 2.81 bits per heavy atom. The molecule has 8 heteroatoms. The molecule has 3 rings (SSSR count). The number of aliphatic hydroxyl groups excluding tert-OH is 1. The zero-order chi connectivity index (χ0) is 18.7. The molecule has 6 nitrogen and oxygen atoms in total. The summed E-state index contributed by atoms with van der Waals surface area (Å²) in [5, 5.41) is 19.5. The molecule has 0 bridgehead atoms. The molecule has 0 aliphatic carbocycles. The van der Waals surface area contributed by atoms with E-state index >= 15 is 0 Å². The number of fused-ring (bicyclic) bond motifs is 1. The summed E-state index contributed by atoms with van der Waals surface area (Å²) in [6, 6.07) is 12.4. The molecule has 1 aromatic heterocycles. The number of para-hydroxylation sites is 2. The van der Waals surface area contributed by atoms with Crippen molar-refractivity contribution in [2.75, 3.05) is 6.61 Å². The maximum absolute atomic E-state index is 13.7. The highest BCUT2D eigenvalue weighted by molar-refractivity contribution is 6.30. The number of halogens is 2. The van der Waals surface area contributed by atoms with Gasteiger partial charge in [-0.3, -0.25) is 0 Å². The lowest BCUT2D eigenvalue weighted by Crippen LogP contribution is -2.11. The Balaban J connectivity index is 1.81. The number of H-pyrrole nitrogens is 1. The van der Waals surface area contributed by atoms with Gasteiger partial charge in [0, 0.05) is 5.02 Å². The normalized spacial score (nSPS) is 11.7. The van der Waals surface area contributed by atoms with Crippen LogP contribution in [0.1, 0.15) is 16.2 Å². The number of imidazole rings is 1. The van der Waals surface area contributed by atoms with Crippen LogP contribution in [0.2, 0.25) is 5.02 Å². The van der Waals surface area contributed by atoms with Crippen molar-refractivity contribution in [3.05, 3.63) is 70.5 Å². The number of ether oxygens (including phenoxy) is 1. The summed E-state index contributed by atoms with van der Waals surface area (Å²) in [6.07, 6.45) is 0. The van der Waals surface area contributed by atoms with Crippen LogP contribution in [0.25, 0.3) is 16.6 Å². The number of benzene rings is 2. The summed E-state index contributed by atoms with van der Waals surface area (Å²) in [7, 11) is 0. The van der Waals surface area contributed by atoms with Crippen LogP contribution in [0, 0.1) is 17.1 Å². The average molecular weight is 372 g/mol. The first-order valence-electron chi connectivity index (χ1n) is 7.39. The third-order valence-electron chi connectivity index (χ3n) is 3.52. The summed E-state index contributed by atoms with van der Waals surface area (Å²) in [5.74, 6) is -2.20. The van der Waals surface area contributed by atoms with Crippen LogP contribution < -0.4 is 0 Å². The van der Waals surface area contributed by atoms with Gasteiger partial charge in [0.05, 0.1) is 16.6 Å². The Hall–Kier alpha value is -3.37. The van der Waals surface area contributed by atoms with Crippen LogP contribution in [0.3, 0.4) is 0 Å². The van der Waals surface area contributed by atoms with Crippen LogP contribution in [0.15, 0.2) is 48.2 Å². The highest BCUT2D eigenvalue weighted by atomic mass is 35.5. The van der Waals surface area contributed by atoms with Crippen LogP contribution in [0.5, 0.6) is 0 Å². The van der Waals surface area contributed by atoms with E-state index in [2.05, 4.69) is 9.97 Å². The van der Waals surface area contributed by atoms with E-state index in [1.165, 1.54) is 12.1 Å². The summed E-state index contributed by atoms with van der Waals surface area (Å²) in [4.78, 5) is 19.0. The molecule has 0 saturated carbocycles. The number of carbonyl (C=O) groups is 1. The first-order valence-corrected chi connectivity index (χ1v) is 7.77. The smallest absolute Gasteiger partial charge is 0.341 e. The molecule has 0 atom stereocenters. The summed E-state index contributed by atoms with van der Waals surface area (Å²) >= 11 is 5.62. The second-order valence-electron chi connectivity index (χ2n) is 5.24. The van der Waals surface area contributed by atoms with Gasteiger partial charge >= 0.3 is 5.97 Å². The molecule has 0 unspecified atom stereocenters. The quantitative estimate of drug-likeness (QED) is 0.410. The van der Waals surface area contributed by atoms with Gasteiger partial charge in [0.15, 0.2) is 11.6 Å². The van der Waals surface area contributed by atoms with Gasteiger partial charge in [-0.05, 0) is 30.3 Å². The van der Waals surface area contributed by atoms with E-state index in [4.69, 9.17) is 16.3 Å². The van der Waals surface area contributed by atoms with Gasteiger partial charge in [-0.1, -0.05) is 23.7 Å². The van der Waals surface area contributed by atoms with E-state index in [1.807, 2.05) is 6.07 Å². The SMILES string of the molecule is N#C/C(=C(/O)COC(=O)c1ccc(Cl)cc1F)c1nc2ccccc2[nH]1. The molecule has 0 saturated heterocycles. The van der Waals surface area contributed by atoms with E-state index in [0.29, 0.717) is 11.0 Å². The third kappa shape index (κ3) is 3.50. The number of rotatable bonds is 4. The molecule has 1 heterocycles. The van der Waals surface area contributed by atoms with Gasteiger partial charge in [-0.25, -0.2) is 14.2 Å². The van der Waals surface area contributed by atoms with E-state index in [9.17, 15) is 19.6 Å². The number of nitriles is 1. The van der Waals surface area contributed by atoms with E-state index in [-0.39, 0.29) is 22.0 Å². The van der Waals surface area contributed by atoms with Crippen molar-refractivity contribution in [2.45, 2.75) is 0 Å². The molecule has 2 N–H and O–H groups in total. The molecule has 0 fully saturated rings. The number of aliphatic hydroxyl groups is 1. The number of hydrogen-bond donors (Lipinski definition) is 2. The number of aromatic amines is 1. The van der Waals surface area contributed by atoms with Crippen molar-refractivity contribution < 1.29 is 19.0 Å². The standard InChI is InChI=1S/C18H11ClFN3O3/c19-10-5-6-11(13(20)7-10)18(25)26-9-16(24)12(8-21)17-22-14-3-1-2-4-15(14)23-17/h1-7,24H,9H2,(H,22,23)/b16-12-. The third-order valence-corrected chi connectivity index (χ3v) is 3.75. The lowest BCUT2D eigenvalue weighted by atomic mass is 10.2. The van der Waals surface area contributed by atoms with Crippen molar-refractivity contribution in [2.24, 2.45) is 0 Å². The van der Waals surface area contributed by atoms with Crippen molar-refractivity contribution in [1.29, 1.82) is 5.26 Å². The number of nitrogens with one attached hydrogen (secondary N) is 1. The first-order chi connectivity index (χ1) is 12.5. The molecular weight excluding hydrogens is 361 g/mol. The Kier molecular flexibility index (Phi) is 4.87. The maximum Gasteiger partial charge on any atom is 0.341 e. The number of esters is 1. The van der Waals surface area contributed by atoms with Crippen LogP contribution in [0.4, 0.5) is 4.39 Å². The molecule has 0 amide bonds. The van der Waals surface area contributed by atoms with Crippen molar-refractivity contribution in [3.8, 4) is 6.07 Å². The maximum atomic E-state index is 13.7. The van der Waals surface area contributed by atoms with E-state index in [1.54, 1.807) is 24.3 Å². The highest BCUT2D eigenvalue weighted by Gasteiger charge is 2.17. The fourth-order valence-electron chi connectivity index (χ4n) is 2.26. The zero-order valence-electron chi connectivity index (χ0n) is 13.2. The number of nitrogens with zero attached hydrogens (tertiary/aromatic N) is 2. The van der Waals surface area contributed by atoms with Crippen LogP contribution in [-0.4, -0.2) is 27.7 Å². The lowest BCUT2D eigenvalue weighted by Gasteiger charge is -2.06. The number of carbonyl (C=O) groups excluding carboxylic acids is 1. The molecular formula is C18H11ClFN3O3. The predicted octanol–water partition coefficient (Wildman–Crippen LogP) is 4.01. The van der Waals surface area contributed by atoms with Crippen LogP contribution >= 0.6 is 11.6 Å². The second-order valence-corrected chi connectivity index (χ2v) is 5.67. The van der Waals surface area contributed by atoms with Gasteiger partial charge in [0.1, 0.15) is 24.1 Å². The van der Waals surface area contributed by atoms with Gasteiger partial charge in [0.2, 0.25) is 0 Å².